The van der Waals surface area contributed by atoms with Gasteiger partial charge < -0.3 is 8.83 Å². The first-order valence-electron chi connectivity index (χ1n) is 19.0. The van der Waals surface area contributed by atoms with E-state index >= 15 is 0 Å². The number of nitrogens with zero attached hydrogens (tertiary/aromatic N) is 3. The molecule has 0 atom stereocenters. The number of amidine groups is 2. The summed E-state index contributed by atoms with van der Waals surface area (Å²) in [5.74, 6) is 0.988. The molecule has 0 saturated carbocycles. The van der Waals surface area contributed by atoms with Gasteiger partial charge in [0, 0.05) is 38.2 Å². The van der Waals surface area contributed by atoms with Crippen LogP contribution in [0.5, 0.6) is 0 Å². The molecule has 8 aromatic carbocycles. The van der Waals surface area contributed by atoms with Crippen LogP contribution in [0.2, 0.25) is 0 Å². The van der Waals surface area contributed by atoms with Crippen molar-refractivity contribution in [2.75, 3.05) is 0 Å². The summed E-state index contributed by atoms with van der Waals surface area (Å²) in [4.78, 5) is 14.6. The van der Waals surface area contributed by atoms with Crippen LogP contribution in [0.15, 0.2) is 212 Å². The Balaban J connectivity index is 1.05. The fraction of sp³-hybridized carbons (Fsp3) is 0.0192. The Hall–Kier alpha value is -7.63. The Labute approximate surface area is 329 Å². The maximum absolute atomic E-state index is 6.75. The van der Waals surface area contributed by atoms with Gasteiger partial charge in [-0.05, 0) is 58.8 Å². The lowest BCUT2D eigenvalue weighted by atomic mass is 9.96. The molecule has 0 spiro atoms. The summed E-state index contributed by atoms with van der Waals surface area (Å²) in [7, 11) is 0. The highest BCUT2D eigenvalue weighted by Gasteiger charge is 2.18. The third-order valence-corrected chi connectivity index (χ3v) is 10.5. The highest BCUT2D eigenvalue weighted by atomic mass is 16.3. The number of fused-ring (bicyclic) bond motifs is 6. The molecule has 57 heavy (non-hydrogen) atoms. The standard InChI is InChI=1S/C52H35N3O2/c1-53-51(55-52(54-33-34-15-4-2-5-16-34)46-29-14-26-43-42-23-8-9-30-47(42)56-50(43)46)39-22-11-20-37(32-39)36-19-10-21-38(31-36)41-25-13-28-45-44-27-12-24-40(48(44)57-49(41)45)35-17-6-3-7-18-35/h2-32H,1,33H2/b54-52-,55-51-. The molecule has 0 amide bonds. The van der Waals surface area contributed by atoms with Crippen molar-refractivity contribution < 1.29 is 8.83 Å². The molecule has 10 aromatic rings. The molecule has 0 N–H and O–H groups in total. The maximum atomic E-state index is 6.75. The molecular weight excluding hydrogens is 699 g/mol. The number of hydrogen-bond acceptors (Lipinski definition) is 3. The highest BCUT2D eigenvalue weighted by molar-refractivity contribution is 6.19. The van der Waals surface area contributed by atoms with Crippen LogP contribution in [0.25, 0.3) is 77.3 Å². The number of hydrogen-bond donors (Lipinski definition) is 0. The van der Waals surface area contributed by atoms with Crippen LogP contribution >= 0.6 is 0 Å². The Kier molecular flexibility index (Phi) is 8.65. The number of benzene rings is 8. The van der Waals surface area contributed by atoms with Crippen LogP contribution in [-0.2, 0) is 6.54 Å². The predicted octanol–water partition coefficient (Wildman–Crippen LogP) is 13.6. The van der Waals surface area contributed by atoms with Crippen LogP contribution in [0.3, 0.4) is 0 Å². The molecule has 10 rings (SSSR count). The lowest BCUT2D eigenvalue weighted by Gasteiger charge is -2.10. The van der Waals surface area contributed by atoms with Crippen molar-refractivity contribution in [3.8, 4) is 33.4 Å². The summed E-state index contributed by atoms with van der Waals surface area (Å²) < 4.78 is 13.2. The minimum atomic E-state index is 0.444. The van der Waals surface area contributed by atoms with E-state index in [1.807, 2.05) is 66.7 Å². The Morgan fingerprint density at radius 2 is 1.00 bits per heavy atom. The topological polar surface area (TPSA) is 63.4 Å². The molecule has 2 heterocycles. The van der Waals surface area contributed by atoms with Gasteiger partial charge >= 0.3 is 0 Å². The van der Waals surface area contributed by atoms with E-state index in [1.54, 1.807) is 0 Å². The third-order valence-electron chi connectivity index (χ3n) is 10.5. The van der Waals surface area contributed by atoms with Gasteiger partial charge in [-0.1, -0.05) is 164 Å². The first kappa shape index (κ1) is 33.9. The van der Waals surface area contributed by atoms with Gasteiger partial charge in [0.1, 0.15) is 22.3 Å². The van der Waals surface area contributed by atoms with Crippen molar-refractivity contribution in [3.05, 3.63) is 205 Å². The van der Waals surface area contributed by atoms with Crippen molar-refractivity contribution in [3.63, 3.8) is 0 Å². The second-order valence-electron chi connectivity index (χ2n) is 14.0. The molecule has 0 aliphatic rings. The maximum Gasteiger partial charge on any atom is 0.161 e. The average Bonchev–Trinajstić information content (AvgIpc) is 3.86. The summed E-state index contributed by atoms with van der Waals surface area (Å²) in [6.07, 6.45) is 0. The van der Waals surface area contributed by atoms with E-state index in [2.05, 4.69) is 133 Å². The summed E-state index contributed by atoms with van der Waals surface area (Å²) >= 11 is 0. The monoisotopic (exact) mass is 733 g/mol. The van der Waals surface area contributed by atoms with Gasteiger partial charge in [-0.25, -0.2) is 9.98 Å². The Morgan fingerprint density at radius 1 is 0.439 bits per heavy atom. The second-order valence-corrected chi connectivity index (χ2v) is 14.0. The first-order valence-corrected chi connectivity index (χ1v) is 19.0. The summed E-state index contributed by atoms with van der Waals surface area (Å²) in [5, 5.41) is 4.25. The fourth-order valence-electron chi connectivity index (χ4n) is 7.74. The van der Waals surface area contributed by atoms with Gasteiger partial charge in [0.05, 0.1) is 12.1 Å². The zero-order chi connectivity index (χ0) is 38.1. The summed E-state index contributed by atoms with van der Waals surface area (Å²) in [6, 6.07) is 64.3. The Bertz CT molecular complexity index is 3170. The van der Waals surface area contributed by atoms with Crippen LogP contribution in [0.1, 0.15) is 16.7 Å². The Morgan fingerprint density at radius 3 is 1.75 bits per heavy atom. The van der Waals surface area contributed by atoms with Crippen molar-refractivity contribution in [2.45, 2.75) is 6.54 Å². The average molecular weight is 734 g/mol. The van der Waals surface area contributed by atoms with Crippen LogP contribution in [0, 0.1) is 0 Å². The summed E-state index contributed by atoms with van der Waals surface area (Å²) in [6.45, 7) is 4.40. The van der Waals surface area contributed by atoms with Crippen molar-refractivity contribution in [1.82, 2.24) is 0 Å². The molecule has 0 aliphatic carbocycles. The quantitative estimate of drug-likeness (QED) is 0.121. The number of furan rings is 2. The lowest BCUT2D eigenvalue weighted by Crippen LogP contribution is -2.06. The van der Waals surface area contributed by atoms with Gasteiger partial charge in [0.2, 0.25) is 0 Å². The van der Waals surface area contributed by atoms with Gasteiger partial charge in [-0.3, -0.25) is 4.99 Å². The molecule has 5 heteroatoms. The van der Waals surface area contributed by atoms with E-state index < -0.39 is 0 Å². The SMILES string of the molecule is C=N/C(=N\C(=N/Cc1ccccc1)c1cccc2c1oc1ccccc12)c1cccc(-c2cccc(-c3cccc4c3oc3c(-c5ccccc5)cccc34)c2)c1. The highest BCUT2D eigenvalue weighted by Crippen LogP contribution is 2.40. The molecule has 270 valence electrons. The summed E-state index contributed by atoms with van der Waals surface area (Å²) in [5.41, 5.74) is 12.4. The fourth-order valence-corrected chi connectivity index (χ4v) is 7.74. The number of aliphatic imine (C=N–C) groups is 3. The van der Waals surface area contributed by atoms with E-state index in [0.717, 1.165) is 93.9 Å². The van der Waals surface area contributed by atoms with Crippen molar-refractivity contribution >= 4 is 62.3 Å². The molecule has 2 aromatic heterocycles. The van der Waals surface area contributed by atoms with Gasteiger partial charge in [-0.2, -0.15) is 0 Å². The van der Waals surface area contributed by atoms with Crippen LogP contribution in [-0.4, -0.2) is 18.4 Å². The smallest absolute Gasteiger partial charge is 0.161 e. The van der Waals surface area contributed by atoms with Crippen LogP contribution < -0.4 is 0 Å². The predicted molar refractivity (Wildman–Crippen MR) is 237 cm³/mol. The van der Waals surface area contributed by atoms with Crippen molar-refractivity contribution in [2.24, 2.45) is 15.0 Å². The van der Waals surface area contributed by atoms with E-state index in [-0.39, 0.29) is 0 Å². The zero-order valence-corrected chi connectivity index (χ0v) is 31.0. The van der Waals surface area contributed by atoms with Gasteiger partial charge in [0.25, 0.3) is 0 Å². The minimum absolute atomic E-state index is 0.444. The molecule has 0 unspecified atom stereocenters. The zero-order valence-electron chi connectivity index (χ0n) is 31.0. The van der Waals surface area contributed by atoms with E-state index in [0.29, 0.717) is 18.2 Å². The van der Waals surface area contributed by atoms with Gasteiger partial charge in [-0.15, -0.1) is 0 Å². The molecular formula is C52H35N3O2. The van der Waals surface area contributed by atoms with Gasteiger partial charge in [0.15, 0.2) is 11.7 Å². The first-order chi connectivity index (χ1) is 28.2. The normalized spacial score (nSPS) is 12.2. The molecule has 0 bridgehead atoms. The van der Waals surface area contributed by atoms with E-state index in [1.165, 1.54) is 0 Å². The van der Waals surface area contributed by atoms with E-state index in [9.17, 15) is 0 Å². The molecule has 0 saturated heterocycles. The van der Waals surface area contributed by atoms with Crippen LogP contribution in [0.4, 0.5) is 0 Å². The molecule has 5 nitrogen and oxygen atoms in total. The van der Waals surface area contributed by atoms with E-state index in [4.69, 9.17) is 18.8 Å². The third kappa shape index (κ3) is 6.31. The minimum Gasteiger partial charge on any atom is -0.455 e. The molecule has 0 radical (unpaired) electrons. The molecule has 0 fully saturated rings. The number of rotatable bonds is 7. The van der Waals surface area contributed by atoms with Crippen molar-refractivity contribution in [1.29, 1.82) is 0 Å². The second kappa shape index (κ2) is 14.5. The largest absolute Gasteiger partial charge is 0.455 e. The number of para-hydroxylation sites is 4. The molecule has 0 aliphatic heterocycles. The lowest BCUT2D eigenvalue weighted by molar-refractivity contribution is 0.668.